The van der Waals surface area contributed by atoms with Crippen molar-refractivity contribution >= 4 is 33.4 Å². The molecule has 30 heavy (non-hydrogen) atoms. The number of carbonyl (C=O) groups excluding carboxylic acids is 2. The van der Waals surface area contributed by atoms with Crippen molar-refractivity contribution in [3.63, 3.8) is 0 Å². The Morgan fingerprint density at radius 2 is 1.97 bits per heavy atom. The third-order valence-electron chi connectivity index (χ3n) is 6.76. The zero-order valence-electron chi connectivity index (χ0n) is 17.7. The van der Waals surface area contributed by atoms with E-state index in [1.807, 2.05) is 0 Å². The van der Waals surface area contributed by atoms with Gasteiger partial charge in [-0.1, -0.05) is 26.7 Å². The lowest BCUT2D eigenvalue weighted by atomic mass is 9.78. The van der Waals surface area contributed by atoms with Crippen LogP contribution in [0, 0.1) is 11.8 Å². The highest BCUT2D eigenvalue weighted by molar-refractivity contribution is 7.18. The summed E-state index contributed by atoms with van der Waals surface area (Å²) in [7, 11) is 0. The van der Waals surface area contributed by atoms with Crippen LogP contribution in [0.4, 0.5) is 0 Å². The molecule has 2 amide bonds. The van der Waals surface area contributed by atoms with Gasteiger partial charge < -0.3 is 10.6 Å². The van der Waals surface area contributed by atoms with E-state index in [1.165, 1.54) is 22.2 Å². The minimum atomic E-state index is -0.359. The van der Waals surface area contributed by atoms with Gasteiger partial charge in [-0.15, -0.1) is 11.3 Å². The number of fused-ring (bicyclic) bond motifs is 3. The second kappa shape index (κ2) is 8.88. The molecule has 2 aromatic heterocycles. The zero-order valence-corrected chi connectivity index (χ0v) is 18.5. The molecule has 0 radical (unpaired) electrons. The highest BCUT2D eigenvalue weighted by atomic mass is 32.1. The van der Waals surface area contributed by atoms with Gasteiger partial charge in [-0.2, -0.15) is 0 Å². The lowest BCUT2D eigenvalue weighted by Gasteiger charge is -2.34. The van der Waals surface area contributed by atoms with Gasteiger partial charge in [0.1, 0.15) is 11.4 Å². The first-order valence-electron chi connectivity index (χ1n) is 11.0. The van der Waals surface area contributed by atoms with Crippen molar-refractivity contribution in [1.29, 1.82) is 0 Å². The van der Waals surface area contributed by atoms with E-state index in [0.29, 0.717) is 17.2 Å². The van der Waals surface area contributed by atoms with Crippen molar-refractivity contribution in [2.45, 2.75) is 71.4 Å². The van der Waals surface area contributed by atoms with Crippen molar-refractivity contribution in [3.05, 3.63) is 27.1 Å². The minimum absolute atomic E-state index is 0.0747. The van der Waals surface area contributed by atoms with Crippen LogP contribution in [0.25, 0.3) is 10.2 Å². The summed E-state index contributed by atoms with van der Waals surface area (Å²) in [6.45, 7) is 4.19. The molecule has 1 saturated carbocycles. The maximum absolute atomic E-state index is 12.9. The van der Waals surface area contributed by atoms with Crippen molar-refractivity contribution in [1.82, 2.24) is 20.2 Å². The lowest BCUT2D eigenvalue weighted by Crippen LogP contribution is -2.47. The van der Waals surface area contributed by atoms with E-state index in [-0.39, 0.29) is 36.5 Å². The predicted octanol–water partition coefficient (Wildman–Crippen LogP) is 2.39. The van der Waals surface area contributed by atoms with E-state index in [1.54, 1.807) is 11.3 Å². The second-order valence-corrected chi connectivity index (χ2v) is 9.87. The van der Waals surface area contributed by atoms with Crippen molar-refractivity contribution in [2.24, 2.45) is 11.8 Å². The van der Waals surface area contributed by atoms with Crippen LogP contribution in [0.2, 0.25) is 0 Å². The van der Waals surface area contributed by atoms with Gasteiger partial charge >= 0.3 is 0 Å². The number of carbonyl (C=O) groups is 2. The summed E-state index contributed by atoms with van der Waals surface area (Å²) in [6.07, 6.45) is 8.88. The van der Waals surface area contributed by atoms with Crippen molar-refractivity contribution in [2.75, 3.05) is 6.54 Å². The number of amides is 2. The number of hydrogen-bond acceptors (Lipinski definition) is 5. The largest absolute Gasteiger partial charge is 0.352 e. The summed E-state index contributed by atoms with van der Waals surface area (Å²) in [5.74, 6) is 0.492. The topological polar surface area (TPSA) is 93.1 Å². The van der Waals surface area contributed by atoms with Crippen LogP contribution in [-0.2, 0) is 29.0 Å². The Morgan fingerprint density at radius 3 is 2.80 bits per heavy atom. The second-order valence-electron chi connectivity index (χ2n) is 8.79. The summed E-state index contributed by atoms with van der Waals surface area (Å²) >= 11 is 1.59. The quantitative estimate of drug-likeness (QED) is 0.762. The number of nitrogens with zero attached hydrogens (tertiary/aromatic N) is 2. The van der Waals surface area contributed by atoms with Gasteiger partial charge in [-0.3, -0.25) is 19.0 Å². The molecule has 3 atom stereocenters. The Balaban J connectivity index is 1.36. The molecule has 0 saturated heterocycles. The molecule has 2 aliphatic carbocycles. The molecular formula is C22H30N4O3S. The molecule has 8 heteroatoms. The Morgan fingerprint density at radius 1 is 1.17 bits per heavy atom. The van der Waals surface area contributed by atoms with Crippen LogP contribution in [0.3, 0.4) is 0 Å². The average Bonchev–Trinajstić information content (AvgIpc) is 3.11. The zero-order chi connectivity index (χ0) is 21.3. The fraction of sp³-hybridized carbons (Fsp3) is 0.636. The molecule has 2 heterocycles. The SMILES string of the molecule is CC1CCCC(NC(=O)CNC(=O)Cn2cnc3sc4c(c3c2=O)CCCC4)C1C. The van der Waals surface area contributed by atoms with Crippen molar-refractivity contribution in [3.8, 4) is 0 Å². The van der Waals surface area contributed by atoms with Gasteiger partial charge in [0.2, 0.25) is 11.8 Å². The minimum Gasteiger partial charge on any atom is -0.352 e. The number of aromatic nitrogens is 2. The molecule has 3 unspecified atom stereocenters. The first-order chi connectivity index (χ1) is 14.4. The van der Waals surface area contributed by atoms with Crippen LogP contribution in [0.1, 0.15) is 56.4 Å². The normalized spacial score (nSPS) is 23.7. The fourth-order valence-electron chi connectivity index (χ4n) is 4.73. The van der Waals surface area contributed by atoms with Gasteiger partial charge in [0.25, 0.3) is 5.56 Å². The molecule has 4 rings (SSSR count). The molecule has 0 aromatic carbocycles. The summed E-state index contributed by atoms with van der Waals surface area (Å²) in [5.41, 5.74) is 0.952. The third-order valence-corrected chi connectivity index (χ3v) is 7.95. The van der Waals surface area contributed by atoms with Gasteiger partial charge in [0.05, 0.1) is 18.3 Å². The average molecular weight is 431 g/mol. The van der Waals surface area contributed by atoms with E-state index in [2.05, 4.69) is 29.5 Å². The molecule has 2 N–H and O–H groups in total. The molecular weight excluding hydrogens is 400 g/mol. The smallest absolute Gasteiger partial charge is 0.262 e. The molecule has 162 valence electrons. The first-order valence-corrected chi connectivity index (χ1v) is 11.8. The van der Waals surface area contributed by atoms with Gasteiger partial charge in [0, 0.05) is 10.9 Å². The van der Waals surface area contributed by atoms with E-state index >= 15 is 0 Å². The Kier molecular flexibility index (Phi) is 6.22. The number of nitrogens with one attached hydrogen (secondary N) is 2. The Hall–Kier alpha value is -2.22. The molecule has 0 aliphatic heterocycles. The van der Waals surface area contributed by atoms with E-state index in [0.717, 1.165) is 48.9 Å². The number of hydrogen-bond donors (Lipinski definition) is 2. The Labute approximate surface area is 180 Å². The van der Waals surface area contributed by atoms with Gasteiger partial charge in [0.15, 0.2) is 0 Å². The summed E-state index contributed by atoms with van der Waals surface area (Å²) in [5, 5.41) is 6.36. The highest BCUT2D eigenvalue weighted by Crippen LogP contribution is 2.33. The summed E-state index contributed by atoms with van der Waals surface area (Å²) in [6, 6.07) is 0.164. The van der Waals surface area contributed by atoms with Crippen LogP contribution < -0.4 is 16.2 Å². The van der Waals surface area contributed by atoms with Gasteiger partial charge in [-0.05, 0) is 49.5 Å². The van der Waals surface area contributed by atoms with Crippen LogP contribution in [0.5, 0.6) is 0 Å². The molecule has 2 aromatic rings. The monoisotopic (exact) mass is 430 g/mol. The fourth-order valence-corrected chi connectivity index (χ4v) is 5.95. The number of rotatable bonds is 5. The summed E-state index contributed by atoms with van der Waals surface area (Å²) in [4.78, 5) is 44.0. The van der Waals surface area contributed by atoms with Gasteiger partial charge in [-0.25, -0.2) is 4.98 Å². The van der Waals surface area contributed by atoms with Crippen molar-refractivity contribution < 1.29 is 9.59 Å². The number of thiophene rings is 1. The molecule has 0 bridgehead atoms. The highest BCUT2D eigenvalue weighted by Gasteiger charge is 2.28. The molecule has 7 nitrogen and oxygen atoms in total. The number of aryl methyl sites for hydroxylation is 2. The predicted molar refractivity (Wildman–Crippen MR) is 118 cm³/mol. The molecule has 2 aliphatic rings. The Bertz CT molecular complexity index is 1010. The van der Waals surface area contributed by atoms with Crippen LogP contribution in [0.15, 0.2) is 11.1 Å². The maximum atomic E-state index is 12.9. The van der Waals surface area contributed by atoms with E-state index in [4.69, 9.17) is 0 Å². The third kappa shape index (κ3) is 4.29. The molecule has 1 fully saturated rings. The summed E-state index contributed by atoms with van der Waals surface area (Å²) < 4.78 is 1.35. The van der Waals surface area contributed by atoms with E-state index in [9.17, 15) is 14.4 Å². The molecule has 0 spiro atoms. The standard InChI is InChI=1S/C22H30N4O3S/c1-13-6-5-8-16(14(13)2)25-18(27)10-23-19(28)11-26-12-24-21-20(22(26)29)15-7-3-4-9-17(15)30-21/h12-14,16H,3-11H2,1-2H3,(H,23,28)(H,25,27). The van der Waals surface area contributed by atoms with E-state index < -0.39 is 0 Å². The first kappa shape index (κ1) is 21.0. The van der Waals surface area contributed by atoms with Crippen LogP contribution in [-0.4, -0.2) is 34.0 Å². The lowest BCUT2D eigenvalue weighted by molar-refractivity contribution is -0.127. The maximum Gasteiger partial charge on any atom is 0.262 e. The van der Waals surface area contributed by atoms with Crippen LogP contribution >= 0.6 is 11.3 Å².